The minimum Gasteiger partial charge on any atom is -0.657 e. The van der Waals surface area contributed by atoms with Crippen molar-refractivity contribution in [2.75, 3.05) is 9.91 Å². The van der Waals surface area contributed by atoms with E-state index in [0.29, 0.717) is 23.7 Å². The van der Waals surface area contributed by atoms with E-state index in [0.717, 1.165) is 22.8 Å². The molecule has 319 valence electrons. The molecule has 0 spiro atoms. The Kier molecular flexibility index (Phi) is 13.7. The fourth-order valence-electron chi connectivity index (χ4n) is 9.18. The molecule has 7 aromatic rings. The van der Waals surface area contributed by atoms with Gasteiger partial charge in [-0.2, -0.15) is 5.10 Å². The maximum atomic E-state index is 5.29. The Hall–Kier alpha value is -5.65. The predicted molar refractivity (Wildman–Crippen MR) is 259 cm³/mol. The Morgan fingerprint density at radius 2 is 0.806 bits per heavy atom. The summed E-state index contributed by atoms with van der Waals surface area (Å²) in [6.45, 7) is 20.4. The van der Waals surface area contributed by atoms with Crippen molar-refractivity contribution < 1.29 is 22.4 Å². The monoisotopic (exact) mass is 995 g/mol. The van der Waals surface area contributed by atoms with Crippen LogP contribution in [0, 0.1) is 6.67 Å². The normalized spacial score (nSPS) is 13.8. The van der Waals surface area contributed by atoms with Crippen LogP contribution in [0.2, 0.25) is 0 Å². The minimum absolute atomic E-state index is 0. The zero-order chi connectivity index (χ0) is 42.7. The molecule has 0 N–H and O–H groups in total. The second kappa shape index (κ2) is 19.2. The first-order valence-electron chi connectivity index (χ1n) is 22.0. The van der Waals surface area contributed by atoms with Crippen molar-refractivity contribution in [1.29, 1.82) is 0 Å². The Balaban J connectivity index is 0.000000190. The van der Waals surface area contributed by atoms with Crippen LogP contribution in [0.1, 0.15) is 129 Å². The van der Waals surface area contributed by atoms with Crippen molar-refractivity contribution in [1.82, 2.24) is 0 Å². The number of nitrogens with zero attached hydrogens (tertiary/aromatic N) is 4. The molecule has 2 heterocycles. The Labute approximate surface area is 386 Å². The van der Waals surface area contributed by atoms with E-state index in [1.54, 1.807) is 0 Å². The van der Waals surface area contributed by atoms with Crippen LogP contribution in [0.4, 0.5) is 22.7 Å². The van der Waals surface area contributed by atoms with Gasteiger partial charge in [-0.3, -0.25) is 0 Å². The van der Waals surface area contributed by atoms with Crippen molar-refractivity contribution in [3.63, 3.8) is 0 Å². The van der Waals surface area contributed by atoms with Gasteiger partial charge < -0.3 is 15.2 Å². The summed E-state index contributed by atoms with van der Waals surface area (Å²) < 4.78 is 0. The zero-order valence-electron chi connectivity index (χ0n) is 37.2. The molecule has 2 aliphatic heterocycles. The molecule has 1 radical (unpaired) electrons. The van der Waals surface area contributed by atoms with Crippen LogP contribution < -0.4 is 9.91 Å². The van der Waals surface area contributed by atoms with E-state index < -0.39 is 0 Å². The van der Waals surface area contributed by atoms with Crippen molar-refractivity contribution in [3.05, 3.63) is 238 Å². The van der Waals surface area contributed by atoms with Crippen LogP contribution in [-0.4, -0.2) is 5.84 Å². The fraction of sp³-hybridized carbons (Fsp3) is 0.228. The van der Waals surface area contributed by atoms with Crippen LogP contribution in [0.5, 0.6) is 0 Å². The summed E-state index contributed by atoms with van der Waals surface area (Å²) in [4.78, 5) is 2.33. The van der Waals surface area contributed by atoms with E-state index >= 15 is 0 Å². The second-order valence-electron chi connectivity index (χ2n) is 17.4. The summed E-state index contributed by atoms with van der Waals surface area (Å²) in [5.41, 5.74) is 15.6. The molecule has 0 atom stereocenters. The third-order valence-corrected chi connectivity index (χ3v) is 12.1. The standard InChI is InChI=1S/C32H40N3.C25H18N.Au/c1-21(2)26-16-12-17-27(22(3)4)30(26)34-20-35(33-32(34)25-14-10-9-11-15-25)31-28(23(5)6)18-13-19-29(31)24(7)8;1-3-11-19(12-4-1)25(20-13-5-2-6-14-20)21-15-7-9-17-23(21)26-24-18-10-8-16-22(24)25;/h9-24H,1-8H3;1-18H;/q2*-1;. The van der Waals surface area contributed by atoms with E-state index in [9.17, 15) is 0 Å². The Morgan fingerprint density at radius 1 is 0.435 bits per heavy atom. The van der Waals surface area contributed by atoms with Crippen molar-refractivity contribution in [2.24, 2.45) is 5.10 Å². The molecule has 9 rings (SSSR count). The van der Waals surface area contributed by atoms with E-state index in [2.05, 4.69) is 248 Å². The molecular weight excluding hydrogens is 938 g/mol. The first kappa shape index (κ1) is 44.4. The molecule has 7 aromatic carbocycles. The minimum atomic E-state index is -0.364. The molecule has 0 saturated heterocycles. The van der Waals surface area contributed by atoms with Gasteiger partial charge >= 0.3 is 0 Å². The van der Waals surface area contributed by atoms with Crippen LogP contribution in [0.25, 0.3) is 5.32 Å². The maximum Gasteiger partial charge on any atom is 0.129 e. The summed E-state index contributed by atoms with van der Waals surface area (Å²) in [6.07, 6.45) is 0. The van der Waals surface area contributed by atoms with Gasteiger partial charge in [0.2, 0.25) is 0 Å². The number of rotatable bonds is 9. The number of benzene rings is 7. The molecule has 2 aliphatic rings. The van der Waals surface area contributed by atoms with Gasteiger partial charge in [0.05, 0.1) is 5.41 Å². The molecular formula is C57H58AuN4-2. The second-order valence-corrected chi connectivity index (χ2v) is 17.4. The Morgan fingerprint density at radius 3 is 1.23 bits per heavy atom. The molecule has 4 nitrogen and oxygen atoms in total. The maximum absolute atomic E-state index is 5.29. The van der Waals surface area contributed by atoms with Crippen molar-refractivity contribution in [2.45, 2.75) is 84.5 Å². The Bertz CT molecular complexity index is 2470. The SMILES string of the molecule is CC(C)c1cccc(C(C)C)c1N1[CH-]N(c2c(C(C)C)cccc2C(C)C)C(c2ccccc2)=N1.[Au].c1ccc(C2(c3ccccc3)c3ccccc3[N-]c3ccccc32)cc1. The van der Waals surface area contributed by atoms with Gasteiger partial charge in [-0.25, -0.2) is 0 Å². The van der Waals surface area contributed by atoms with E-state index in [4.69, 9.17) is 10.4 Å². The molecule has 0 amide bonds. The van der Waals surface area contributed by atoms with Crippen LogP contribution in [0.3, 0.4) is 0 Å². The molecule has 62 heavy (non-hydrogen) atoms. The molecule has 0 aromatic heterocycles. The molecule has 0 bridgehead atoms. The van der Waals surface area contributed by atoms with Crippen LogP contribution in [-0.2, 0) is 27.8 Å². The van der Waals surface area contributed by atoms with Gasteiger partial charge in [-0.05, 0) is 68.2 Å². The average molecular weight is 996 g/mol. The van der Waals surface area contributed by atoms with Crippen molar-refractivity contribution >= 4 is 28.6 Å². The summed E-state index contributed by atoms with van der Waals surface area (Å²) in [6, 6.07) is 62.6. The van der Waals surface area contributed by atoms with Gasteiger partial charge in [-0.1, -0.05) is 231 Å². The summed E-state index contributed by atoms with van der Waals surface area (Å²) in [7, 11) is 0. The fourth-order valence-corrected chi connectivity index (χ4v) is 9.18. The number of hydrazone groups is 1. The number of anilines is 2. The summed E-state index contributed by atoms with van der Waals surface area (Å²) in [5, 5.41) is 12.4. The van der Waals surface area contributed by atoms with Crippen LogP contribution >= 0.6 is 0 Å². The largest absolute Gasteiger partial charge is 0.657 e. The number of hydrogen-bond donors (Lipinski definition) is 0. The zero-order valence-corrected chi connectivity index (χ0v) is 39.4. The van der Waals surface area contributed by atoms with Crippen LogP contribution in [0.15, 0.2) is 181 Å². The number of para-hydroxylation sites is 4. The summed E-state index contributed by atoms with van der Waals surface area (Å²) in [5.74, 6) is 2.56. The molecule has 0 fully saturated rings. The molecule has 5 heteroatoms. The topological polar surface area (TPSA) is 32.9 Å². The molecule has 0 aliphatic carbocycles. The third kappa shape index (κ3) is 8.32. The number of amidine groups is 1. The van der Waals surface area contributed by atoms with E-state index in [-0.39, 0.29) is 27.8 Å². The average Bonchev–Trinajstić information content (AvgIpc) is 3.73. The van der Waals surface area contributed by atoms with Gasteiger partial charge in [0.1, 0.15) is 5.84 Å². The van der Waals surface area contributed by atoms with Gasteiger partial charge in [-0.15, -0.1) is 18.0 Å². The van der Waals surface area contributed by atoms with E-state index in [1.165, 1.54) is 55.9 Å². The van der Waals surface area contributed by atoms with Gasteiger partial charge in [0, 0.05) is 39.3 Å². The smallest absolute Gasteiger partial charge is 0.129 e. The molecule has 0 saturated carbocycles. The number of fused-ring (bicyclic) bond motifs is 2. The van der Waals surface area contributed by atoms with Gasteiger partial charge in [0.25, 0.3) is 0 Å². The molecule has 0 unspecified atom stereocenters. The summed E-state index contributed by atoms with van der Waals surface area (Å²) >= 11 is 0. The van der Waals surface area contributed by atoms with E-state index in [1.807, 2.05) is 0 Å². The van der Waals surface area contributed by atoms with Gasteiger partial charge in [0.15, 0.2) is 0 Å². The first-order chi connectivity index (χ1) is 29.6. The first-order valence-corrected chi connectivity index (χ1v) is 22.0. The number of hydrogen-bond acceptors (Lipinski definition) is 3. The van der Waals surface area contributed by atoms with Crippen molar-refractivity contribution in [3.8, 4) is 0 Å². The quantitative estimate of drug-likeness (QED) is 0.107. The third-order valence-electron chi connectivity index (χ3n) is 12.1. The predicted octanol–water partition coefficient (Wildman–Crippen LogP) is 15.7.